The van der Waals surface area contributed by atoms with Crippen LogP contribution in [0.25, 0.3) is 0 Å². The molecule has 0 spiro atoms. The zero-order valence-corrected chi connectivity index (χ0v) is 13.3. The molecule has 2 aliphatic rings. The third-order valence-corrected chi connectivity index (χ3v) is 6.42. The molecule has 7 heteroatoms. The van der Waals surface area contributed by atoms with Crippen molar-refractivity contribution < 1.29 is 13.5 Å². The average molecular weight is 305 g/mol. The van der Waals surface area contributed by atoms with E-state index in [1.54, 1.807) is 0 Å². The van der Waals surface area contributed by atoms with E-state index in [9.17, 15) is 13.5 Å². The molecule has 0 radical (unpaired) electrons. The topological polar surface area (TPSA) is 72.9 Å². The molecule has 0 aromatic rings. The average Bonchev–Trinajstić information content (AvgIpc) is 2.37. The molecule has 1 heterocycles. The standard InChI is InChI=1S/C13H27N3O3S/c1-15(2)13(6-4-7-13)11-14-20(18,19)16-8-3-5-12(9-16)10-17/h12,14,17H,3-11H2,1-2H3. The summed E-state index contributed by atoms with van der Waals surface area (Å²) in [7, 11) is 0.596. The molecule has 2 rings (SSSR count). The molecule has 20 heavy (non-hydrogen) atoms. The highest BCUT2D eigenvalue weighted by atomic mass is 32.2. The van der Waals surface area contributed by atoms with Crippen LogP contribution in [0.15, 0.2) is 0 Å². The van der Waals surface area contributed by atoms with E-state index in [0.717, 1.165) is 32.1 Å². The number of nitrogens with zero attached hydrogens (tertiary/aromatic N) is 2. The highest BCUT2D eigenvalue weighted by Crippen LogP contribution is 2.35. The molecule has 1 aliphatic heterocycles. The molecule has 0 bridgehead atoms. The normalized spacial score (nSPS) is 27.5. The maximum atomic E-state index is 12.4. The zero-order valence-electron chi connectivity index (χ0n) is 12.5. The fourth-order valence-electron chi connectivity index (χ4n) is 3.08. The summed E-state index contributed by atoms with van der Waals surface area (Å²) in [5.41, 5.74) is -0.0146. The number of likely N-dealkylation sites (N-methyl/N-ethyl adjacent to an activating group) is 1. The summed E-state index contributed by atoms with van der Waals surface area (Å²) in [5.74, 6) is 0.0758. The molecule has 1 saturated heterocycles. The molecule has 1 atom stereocenters. The van der Waals surface area contributed by atoms with Gasteiger partial charge in [-0.05, 0) is 52.1 Å². The van der Waals surface area contributed by atoms with Gasteiger partial charge in [0.05, 0.1) is 0 Å². The van der Waals surface area contributed by atoms with Crippen LogP contribution in [-0.4, -0.2) is 68.6 Å². The van der Waals surface area contributed by atoms with Gasteiger partial charge in [0.15, 0.2) is 0 Å². The third kappa shape index (κ3) is 3.33. The zero-order chi connectivity index (χ0) is 14.8. The number of rotatable bonds is 6. The second-order valence-electron chi connectivity index (χ2n) is 6.35. The van der Waals surface area contributed by atoms with E-state index >= 15 is 0 Å². The fraction of sp³-hybridized carbons (Fsp3) is 1.00. The van der Waals surface area contributed by atoms with E-state index in [0.29, 0.717) is 19.6 Å². The molecular weight excluding hydrogens is 278 g/mol. The lowest BCUT2D eigenvalue weighted by molar-refractivity contribution is 0.0649. The van der Waals surface area contributed by atoms with Gasteiger partial charge in [-0.3, -0.25) is 0 Å². The Labute approximate surface area is 122 Å². The van der Waals surface area contributed by atoms with Crippen molar-refractivity contribution in [2.45, 2.75) is 37.6 Å². The van der Waals surface area contributed by atoms with E-state index in [-0.39, 0.29) is 18.1 Å². The fourth-order valence-corrected chi connectivity index (χ4v) is 4.49. The first-order chi connectivity index (χ1) is 9.39. The van der Waals surface area contributed by atoms with Gasteiger partial charge < -0.3 is 10.0 Å². The number of nitrogens with one attached hydrogen (secondary N) is 1. The van der Waals surface area contributed by atoms with Crippen LogP contribution in [0.3, 0.4) is 0 Å². The second kappa shape index (κ2) is 6.27. The summed E-state index contributed by atoms with van der Waals surface area (Å²) < 4.78 is 29.0. The van der Waals surface area contributed by atoms with Gasteiger partial charge in [0.2, 0.25) is 0 Å². The van der Waals surface area contributed by atoms with Crippen molar-refractivity contribution in [1.82, 2.24) is 13.9 Å². The monoisotopic (exact) mass is 305 g/mol. The lowest BCUT2D eigenvalue weighted by atomic mass is 9.76. The van der Waals surface area contributed by atoms with E-state index in [1.807, 2.05) is 14.1 Å². The van der Waals surface area contributed by atoms with Crippen LogP contribution in [-0.2, 0) is 10.2 Å². The van der Waals surface area contributed by atoms with Crippen molar-refractivity contribution in [1.29, 1.82) is 0 Å². The molecule has 1 unspecified atom stereocenters. The van der Waals surface area contributed by atoms with Crippen LogP contribution in [0.2, 0.25) is 0 Å². The van der Waals surface area contributed by atoms with Crippen LogP contribution in [0.5, 0.6) is 0 Å². The van der Waals surface area contributed by atoms with Crippen LogP contribution < -0.4 is 4.72 Å². The minimum Gasteiger partial charge on any atom is -0.396 e. The van der Waals surface area contributed by atoms with Crippen molar-refractivity contribution in [2.75, 3.05) is 40.3 Å². The van der Waals surface area contributed by atoms with Gasteiger partial charge in [0.1, 0.15) is 0 Å². The van der Waals surface area contributed by atoms with Gasteiger partial charge in [-0.2, -0.15) is 12.7 Å². The highest BCUT2D eigenvalue weighted by Gasteiger charge is 2.40. The van der Waals surface area contributed by atoms with Gasteiger partial charge in [-0.15, -0.1) is 0 Å². The van der Waals surface area contributed by atoms with E-state index in [1.165, 1.54) is 4.31 Å². The predicted octanol–water partition coefficient (Wildman–Crippen LogP) is 0.00940. The second-order valence-corrected chi connectivity index (χ2v) is 8.10. The minimum absolute atomic E-state index is 0.0146. The van der Waals surface area contributed by atoms with Crippen molar-refractivity contribution in [3.63, 3.8) is 0 Å². The lowest BCUT2D eigenvalue weighted by Crippen LogP contribution is -2.59. The minimum atomic E-state index is -3.42. The Morgan fingerprint density at radius 1 is 1.35 bits per heavy atom. The van der Waals surface area contributed by atoms with Crippen molar-refractivity contribution in [3.05, 3.63) is 0 Å². The summed E-state index contributed by atoms with van der Waals surface area (Å²) >= 11 is 0. The van der Waals surface area contributed by atoms with Gasteiger partial charge in [-0.25, -0.2) is 4.72 Å². The van der Waals surface area contributed by atoms with Gasteiger partial charge in [0, 0.05) is 31.8 Å². The number of aliphatic hydroxyl groups excluding tert-OH is 1. The van der Waals surface area contributed by atoms with Crippen molar-refractivity contribution in [2.24, 2.45) is 5.92 Å². The molecule has 2 fully saturated rings. The van der Waals surface area contributed by atoms with E-state index < -0.39 is 10.2 Å². The first-order valence-electron chi connectivity index (χ1n) is 7.43. The largest absolute Gasteiger partial charge is 0.396 e. The number of hydrogen-bond donors (Lipinski definition) is 2. The summed E-state index contributed by atoms with van der Waals surface area (Å²) in [6, 6.07) is 0. The van der Waals surface area contributed by atoms with Crippen LogP contribution in [0.1, 0.15) is 32.1 Å². The molecule has 118 valence electrons. The van der Waals surface area contributed by atoms with E-state index in [2.05, 4.69) is 9.62 Å². The molecule has 0 aromatic carbocycles. The van der Waals surface area contributed by atoms with Crippen LogP contribution in [0, 0.1) is 5.92 Å². The molecule has 6 nitrogen and oxygen atoms in total. The molecule has 0 aromatic heterocycles. The molecular formula is C13H27N3O3S. The Balaban J connectivity index is 1.93. The summed E-state index contributed by atoms with van der Waals surface area (Å²) in [6.07, 6.45) is 4.98. The third-order valence-electron chi connectivity index (χ3n) is 4.90. The SMILES string of the molecule is CN(C)C1(CNS(=O)(=O)N2CCCC(CO)C2)CCC1. The summed E-state index contributed by atoms with van der Waals surface area (Å²) in [5, 5.41) is 9.21. The van der Waals surface area contributed by atoms with Gasteiger partial charge in [-0.1, -0.05) is 0 Å². The van der Waals surface area contributed by atoms with Crippen LogP contribution >= 0.6 is 0 Å². The summed E-state index contributed by atoms with van der Waals surface area (Å²) in [4.78, 5) is 2.13. The highest BCUT2D eigenvalue weighted by molar-refractivity contribution is 7.87. The van der Waals surface area contributed by atoms with Crippen molar-refractivity contribution in [3.8, 4) is 0 Å². The summed E-state index contributed by atoms with van der Waals surface area (Å²) in [6.45, 7) is 1.53. The number of aliphatic hydroxyl groups is 1. The van der Waals surface area contributed by atoms with Gasteiger partial charge >= 0.3 is 0 Å². The Morgan fingerprint density at radius 2 is 2.05 bits per heavy atom. The quantitative estimate of drug-likeness (QED) is 0.725. The lowest BCUT2D eigenvalue weighted by Gasteiger charge is -2.47. The molecule has 0 amide bonds. The number of piperidine rings is 1. The maximum absolute atomic E-state index is 12.4. The maximum Gasteiger partial charge on any atom is 0.279 e. The van der Waals surface area contributed by atoms with Crippen molar-refractivity contribution >= 4 is 10.2 Å². The first kappa shape index (κ1) is 16.2. The first-order valence-corrected chi connectivity index (χ1v) is 8.87. The van der Waals surface area contributed by atoms with Gasteiger partial charge in [0.25, 0.3) is 10.2 Å². The molecule has 1 aliphatic carbocycles. The Hall–Kier alpha value is -0.210. The Morgan fingerprint density at radius 3 is 2.55 bits per heavy atom. The van der Waals surface area contributed by atoms with E-state index in [4.69, 9.17) is 0 Å². The Kier molecular flexibility index (Phi) is 5.07. The molecule has 2 N–H and O–H groups in total. The predicted molar refractivity (Wildman–Crippen MR) is 78.6 cm³/mol. The smallest absolute Gasteiger partial charge is 0.279 e. The van der Waals surface area contributed by atoms with Crippen LogP contribution in [0.4, 0.5) is 0 Å². The molecule has 1 saturated carbocycles. The number of hydrogen-bond acceptors (Lipinski definition) is 4. The Bertz CT molecular complexity index is 421.